The van der Waals surface area contributed by atoms with Crippen LogP contribution in [0.5, 0.6) is 0 Å². The van der Waals surface area contributed by atoms with Crippen molar-refractivity contribution in [2.75, 3.05) is 0 Å². The molecule has 3 aromatic heterocycles. The lowest BCUT2D eigenvalue weighted by Crippen LogP contribution is -2.41. The molecule has 0 saturated heterocycles. The lowest BCUT2D eigenvalue weighted by molar-refractivity contribution is -0.125. The zero-order valence-electron chi connectivity index (χ0n) is 18.7. The number of aryl methyl sites for hydroxylation is 3. The van der Waals surface area contributed by atoms with E-state index < -0.39 is 6.04 Å². The Morgan fingerprint density at radius 3 is 2.84 bits per heavy atom. The Bertz CT molecular complexity index is 1380. The first kappa shape index (κ1) is 20.5. The molecule has 0 fully saturated rings. The van der Waals surface area contributed by atoms with Crippen LogP contribution in [0.3, 0.4) is 0 Å². The molecule has 4 aromatic rings. The smallest absolute Gasteiger partial charge is 0.291 e. The zero-order valence-corrected chi connectivity index (χ0v) is 18.7. The van der Waals surface area contributed by atoms with Gasteiger partial charge in [-0.1, -0.05) is 38.1 Å². The summed E-state index contributed by atoms with van der Waals surface area (Å²) in [5.41, 5.74) is 4.16. The monoisotopic (exact) mass is 432 g/mol. The molecule has 32 heavy (non-hydrogen) atoms. The van der Waals surface area contributed by atoms with Crippen molar-refractivity contribution in [2.24, 2.45) is 0 Å². The van der Waals surface area contributed by atoms with Crippen LogP contribution in [-0.2, 0) is 17.6 Å². The van der Waals surface area contributed by atoms with Crippen molar-refractivity contribution in [2.45, 2.75) is 65.0 Å². The molecular weight excluding hydrogens is 404 g/mol. The van der Waals surface area contributed by atoms with Crippen molar-refractivity contribution in [3.8, 4) is 0 Å². The average molecular weight is 433 g/mol. The van der Waals surface area contributed by atoms with E-state index in [1.807, 2.05) is 43.4 Å². The van der Waals surface area contributed by atoms with E-state index in [2.05, 4.69) is 22.5 Å². The van der Waals surface area contributed by atoms with Gasteiger partial charge in [0.05, 0.1) is 11.6 Å². The van der Waals surface area contributed by atoms with Crippen LogP contribution in [-0.4, -0.2) is 20.1 Å². The van der Waals surface area contributed by atoms with Gasteiger partial charge in [0, 0.05) is 18.6 Å². The molecule has 7 heteroatoms. The van der Waals surface area contributed by atoms with E-state index in [0.29, 0.717) is 23.9 Å². The van der Waals surface area contributed by atoms with Gasteiger partial charge < -0.3 is 9.73 Å². The summed E-state index contributed by atoms with van der Waals surface area (Å²) in [5.74, 6) is 1.35. The number of furan rings is 1. The highest BCUT2D eigenvalue weighted by molar-refractivity contribution is 5.84. The maximum atomic E-state index is 13.4. The van der Waals surface area contributed by atoms with Crippen LogP contribution in [0.1, 0.15) is 67.9 Å². The number of nitrogens with zero attached hydrogens (tertiary/aromatic N) is 3. The van der Waals surface area contributed by atoms with Gasteiger partial charge >= 0.3 is 0 Å². The molecule has 0 aliphatic heterocycles. The second kappa shape index (κ2) is 7.97. The molecule has 166 valence electrons. The predicted molar refractivity (Wildman–Crippen MR) is 123 cm³/mol. The number of benzene rings is 1. The molecule has 1 aliphatic rings. The van der Waals surface area contributed by atoms with Crippen molar-refractivity contribution in [3.63, 3.8) is 0 Å². The van der Waals surface area contributed by atoms with Crippen LogP contribution in [0.15, 0.2) is 45.6 Å². The summed E-state index contributed by atoms with van der Waals surface area (Å²) < 4.78 is 8.96. The highest BCUT2D eigenvalue weighted by Gasteiger charge is 2.28. The number of fused-ring (bicyclic) bond motifs is 4. The number of carbonyl (C=O) groups excluding carboxylic acids is 1. The molecule has 0 spiro atoms. The maximum absolute atomic E-state index is 13.4. The van der Waals surface area contributed by atoms with Crippen LogP contribution >= 0.6 is 0 Å². The Hall–Kier alpha value is -3.35. The lowest BCUT2D eigenvalue weighted by atomic mass is 9.87. The third-order valence-electron chi connectivity index (χ3n) is 6.51. The van der Waals surface area contributed by atoms with Crippen molar-refractivity contribution in [3.05, 3.63) is 69.5 Å². The Morgan fingerprint density at radius 1 is 1.25 bits per heavy atom. The van der Waals surface area contributed by atoms with E-state index in [4.69, 9.17) is 4.42 Å². The third-order valence-corrected chi connectivity index (χ3v) is 6.51. The highest BCUT2D eigenvalue weighted by Crippen LogP contribution is 2.30. The number of rotatable bonds is 5. The summed E-state index contributed by atoms with van der Waals surface area (Å²) in [6.45, 7) is 5.79. The van der Waals surface area contributed by atoms with Gasteiger partial charge in [0.15, 0.2) is 5.58 Å². The fraction of sp³-hybridized carbons (Fsp3) is 0.400. The van der Waals surface area contributed by atoms with Gasteiger partial charge in [-0.05, 0) is 43.7 Å². The van der Waals surface area contributed by atoms with E-state index >= 15 is 0 Å². The van der Waals surface area contributed by atoms with Crippen LogP contribution in [0.4, 0.5) is 0 Å². The minimum Gasteiger partial charge on any atom is -0.460 e. The van der Waals surface area contributed by atoms with E-state index in [-0.39, 0.29) is 17.5 Å². The largest absolute Gasteiger partial charge is 0.460 e. The second-order valence-electron chi connectivity index (χ2n) is 8.57. The third kappa shape index (κ3) is 3.23. The van der Waals surface area contributed by atoms with Gasteiger partial charge in [-0.15, -0.1) is 0 Å². The summed E-state index contributed by atoms with van der Waals surface area (Å²) in [7, 11) is 0. The van der Waals surface area contributed by atoms with Gasteiger partial charge in [-0.2, -0.15) is 5.10 Å². The Kier molecular flexibility index (Phi) is 5.12. The Morgan fingerprint density at radius 2 is 2.06 bits per heavy atom. The molecule has 0 saturated carbocycles. The standard InChI is InChI=1S/C25H28N4O3/c1-4-19(24(30)26-18-12-8-10-16-9-6-7-11-17(16)18)29-25(31)21-14-22-20(13-15(3)32-22)28(21)23(5-2)27-29/h6-7,9,11,13-14,18-19H,4-5,8,10,12H2,1-3H3,(H,26,30)/t18-,19+/m0/s1. The van der Waals surface area contributed by atoms with Crippen molar-refractivity contribution in [1.82, 2.24) is 19.5 Å². The van der Waals surface area contributed by atoms with Crippen molar-refractivity contribution in [1.29, 1.82) is 0 Å². The normalized spacial score (nSPS) is 16.9. The van der Waals surface area contributed by atoms with Crippen molar-refractivity contribution >= 4 is 22.5 Å². The molecule has 7 nitrogen and oxygen atoms in total. The number of amides is 1. The van der Waals surface area contributed by atoms with Gasteiger partial charge in [-0.3, -0.25) is 14.0 Å². The van der Waals surface area contributed by atoms with Crippen LogP contribution in [0, 0.1) is 6.92 Å². The minimum atomic E-state index is -0.671. The Labute approximate surface area is 186 Å². The molecule has 2 atom stereocenters. The molecule has 1 amide bonds. The van der Waals surface area contributed by atoms with Crippen molar-refractivity contribution < 1.29 is 9.21 Å². The number of nitrogens with one attached hydrogen (secondary N) is 1. The summed E-state index contributed by atoms with van der Waals surface area (Å²) in [6.07, 6.45) is 4.06. The molecule has 1 aromatic carbocycles. The number of hydrogen-bond donors (Lipinski definition) is 1. The Balaban J connectivity index is 1.54. The predicted octanol–water partition coefficient (Wildman–Crippen LogP) is 4.26. The molecule has 5 rings (SSSR count). The first-order valence-electron chi connectivity index (χ1n) is 11.4. The van der Waals surface area contributed by atoms with E-state index in [1.54, 1.807) is 6.07 Å². The summed E-state index contributed by atoms with van der Waals surface area (Å²) in [6, 6.07) is 11.2. The maximum Gasteiger partial charge on any atom is 0.291 e. The van der Waals surface area contributed by atoms with E-state index in [1.165, 1.54) is 15.8 Å². The molecule has 0 bridgehead atoms. The zero-order chi connectivity index (χ0) is 22.4. The van der Waals surface area contributed by atoms with Gasteiger partial charge in [0.2, 0.25) is 5.91 Å². The minimum absolute atomic E-state index is 0.0369. The fourth-order valence-corrected chi connectivity index (χ4v) is 4.96. The molecule has 0 unspecified atom stereocenters. The van der Waals surface area contributed by atoms with Gasteiger partial charge in [0.25, 0.3) is 5.56 Å². The average Bonchev–Trinajstić information content (AvgIpc) is 3.32. The molecular formula is C25H28N4O3. The fourth-order valence-electron chi connectivity index (χ4n) is 4.96. The first-order valence-corrected chi connectivity index (χ1v) is 11.4. The summed E-state index contributed by atoms with van der Waals surface area (Å²) in [4.78, 5) is 26.8. The SMILES string of the molecule is CCc1nn([C@H](CC)C(=O)N[C@H]2CCCc3ccccc32)c(=O)c2cc3oc(C)cc3n12. The first-order chi connectivity index (χ1) is 15.5. The number of hydrogen-bond acceptors (Lipinski definition) is 4. The number of aromatic nitrogens is 3. The topological polar surface area (TPSA) is 81.5 Å². The molecule has 3 heterocycles. The summed E-state index contributed by atoms with van der Waals surface area (Å²) in [5, 5.41) is 7.85. The van der Waals surface area contributed by atoms with Crippen LogP contribution in [0.25, 0.3) is 16.6 Å². The molecule has 1 aliphatic carbocycles. The van der Waals surface area contributed by atoms with E-state index in [0.717, 1.165) is 36.4 Å². The molecule has 1 N–H and O–H groups in total. The van der Waals surface area contributed by atoms with Crippen LogP contribution in [0.2, 0.25) is 0 Å². The quantitative estimate of drug-likeness (QED) is 0.511. The van der Waals surface area contributed by atoms with Gasteiger partial charge in [-0.25, -0.2) is 4.68 Å². The lowest BCUT2D eigenvalue weighted by Gasteiger charge is -2.28. The molecule has 0 radical (unpaired) electrons. The second-order valence-corrected chi connectivity index (χ2v) is 8.57. The summed E-state index contributed by atoms with van der Waals surface area (Å²) >= 11 is 0. The van der Waals surface area contributed by atoms with Gasteiger partial charge in [0.1, 0.15) is 23.1 Å². The highest BCUT2D eigenvalue weighted by atomic mass is 16.3. The van der Waals surface area contributed by atoms with Crippen LogP contribution < -0.4 is 10.9 Å². The number of carbonyl (C=O) groups is 1. The van der Waals surface area contributed by atoms with E-state index in [9.17, 15) is 9.59 Å².